The zero-order chi connectivity index (χ0) is 12.3. The molecule has 0 radical (unpaired) electrons. The van der Waals surface area contributed by atoms with Crippen LogP contribution in [0.15, 0.2) is 18.2 Å². The highest BCUT2D eigenvalue weighted by molar-refractivity contribution is 5.81. The Hall–Kier alpha value is -1.62. The second-order valence-corrected chi connectivity index (χ2v) is 3.54. The number of benzene rings is 1. The van der Waals surface area contributed by atoms with Gasteiger partial charge in [0, 0.05) is 0 Å². The summed E-state index contributed by atoms with van der Waals surface area (Å²) in [6, 6.07) is 4.10. The van der Waals surface area contributed by atoms with Crippen molar-refractivity contribution in [3.05, 3.63) is 29.6 Å². The molecule has 0 aliphatic heterocycles. The minimum Gasteiger partial charge on any atom is -0.494 e. The van der Waals surface area contributed by atoms with Crippen LogP contribution in [-0.2, 0) is 15.1 Å². The molecule has 5 heteroatoms. The topological polar surface area (TPSA) is 61.5 Å². The van der Waals surface area contributed by atoms with Crippen molar-refractivity contribution in [1.82, 2.24) is 0 Å². The molecule has 0 fully saturated rings. The molecule has 0 aromatic heterocycles. The summed E-state index contributed by atoms with van der Waals surface area (Å²) >= 11 is 0. The number of rotatable bonds is 3. The lowest BCUT2D eigenvalue weighted by atomic mass is 9.93. The van der Waals surface area contributed by atoms with E-state index in [0.717, 1.165) is 6.07 Å². The molecule has 16 heavy (non-hydrogen) atoms. The summed E-state index contributed by atoms with van der Waals surface area (Å²) in [7, 11) is 2.59. The normalized spacial score (nSPS) is 14.1. The smallest absolute Gasteiger partial charge is 0.330 e. The van der Waals surface area contributed by atoms with E-state index in [4.69, 9.17) is 10.5 Å². The molecule has 0 saturated heterocycles. The van der Waals surface area contributed by atoms with E-state index >= 15 is 0 Å². The van der Waals surface area contributed by atoms with Crippen molar-refractivity contribution in [2.75, 3.05) is 14.2 Å². The molecule has 2 N–H and O–H groups in total. The Kier molecular flexibility index (Phi) is 3.49. The van der Waals surface area contributed by atoms with Crippen LogP contribution in [-0.4, -0.2) is 20.2 Å². The lowest BCUT2D eigenvalue weighted by Crippen LogP contribution is -2.42. The van der Waals surface area contributed by atoms with E-state index in [1.165, 1.54) is 33.3 Å². The molecule has 0 bridgehead atoms. The van der Waals surface area contributed by atoms with Gasteiger partial charge in [-0.15, -0.1) is 0 Å². The average molecular weight is 227 g/mol. The fourth-order valence-electron chi connectivity index (χ4n) is 1.32. The quantitative estimate of drug-likeness (QED) is 0.788. The van der Waals surface area contributed by atoms with Crippen LogP contribution in [0.5, 0.6) is 5.75 Å². The van der Waals surface area contributed by atoms with Crippen molar-refractivity contribution >= 4 is 5.97 Å². The van der Waals surface area contributed by atoms with Gasteiger partial charge in [-0.3, -0.25) is 0 Å². The number of ether oxygens (including phenoxy) is 2. The summed E-state index contributed by atoms with van der Waals surface area (Å²) in [5.74, 6) is -1.10. The minimum atomic E-state index is -1.37. The SMILES string of the molecule is COC(=O)C(C)(N)c1ccc(OC)c(F)c1. The van der Waals surface area contributed by atoms with Crippen LogP contribution < -0.4 is 10.5 Å². The summed E-state index contributed by atoms with van der Waals surface area (Å²) in [6.07, 6.45) is 0. The maximum Gasteiger partial charge on any atom is 0.330 e. The van der Waals surface area contributed by atoms with E-state index in [1.807, 2.05) is 0 Å². The van der Waals surface area contributed by atoms with Crippen molar-refractivity contribution in [2.24, 2.45) is 5.73 Å². The van der Waals surface area contributed by atoms with Crippen LogP contribution in [0, 0.1) is 5.82 Å². The predicted octanol–water partition coefficient (Wildman–Crippen LogP) is 1.18. The zero-order valence-electron chi connectivity index (χ0n) is 9.41. The second kappa shape index (κ2) is 4.49. The fourth-order valence-corrected chi connectivity index (χ4v) is 1.32. The van der Waals surface area contributed by atoms with Gasteiger partial charge < -0.3 is 15.2 Å². The van der Waals surface area contributed by atoms with Crippen LogP contribution >= 0.6 is 0 Å². The van der Waals surface area contributed by atoms with Gasteiger partial charge in [-0.2, -0.15) is 0 Å². The van der Waals surface area contributed by atoms with Gasteiger partial charge in [0.2, 0.25) is 0 Å². The third-order valence-corrected chi connectivity index (χ3v) is 2.36. The standard InChI is InChI=1S/C11H14FNO3/c1-11(13,10(14)16-3)7-4-5-9(15-2)8(12)6-7/h4-6H,13H2,1-3H3. The minimum absolute atomic E-state index is 0.101. The van der Waals surface area contributed by atoms with Crippen LogP contribution in [0.1, 0.15) is 12.5 Å². The molecular weight excluding hydrogens is 213 g/mol. The number of nitrogens with two attached hydrogens (primary N) is 1. The largest absolute Gasteiger partial charge is 0.494 e. The number of esters is 1. The van der Waals surface area contributed by atoms with E-state index in [0.29, 0.717) is 5.56 Å². The third-order valence-electron chi connectivity index (χ3n) is 2.36. The van der Waals surface area contributed by atoms with Gasteiger partial charge in [-0.1, -0.05) is 6.07 Å². The molecule has 88 valence electrons. The first-order chi connectivity index (χ1) is 7.43. The molecule has 0 saturated carbocycles. The predicted molar refractivity (Wildman–Crippen MR) is 56.5 cm³/mol. The summed E-state index contributed by atoms with van der Waals surface area (Å²) in [5.41, 5.74) is 4.73. The molecule has 1 unspecified atom stereocenters. The molecule has 4 nitrogen and oxygen atoms in total. The Balaban J connectivity index is 3.14. The summed E-state index contributed by atoms with van der Waals surface area (Å²) in [5, 5.41) is 0. The van der Waals surface area contributed by atoms with Crippen LogP contribution in [0.3, 0.4) is 0 Å². The monoisotopic (exact) mass is 227 g/mol. The molecule has 0 amide bonds. The third kappa shape index (κ3) is 2.14. The number of halogens is 1. The molecule has 1 rings (SSSR count). The van der Waals surface area contributed by atoms with Crippen molar-refractivity contribution in [3.63, 3.8) is 0 Å². The van der Waals surface area contributed by atoms with Crippen molar-refractivity contribution < 1.29 is 18.7 Å². The average Bonchev–Trinajstić information content (AvgIpc) is 2.27. The van der Waals surface area contributed by atoms with Crippen LogP contribution in [0.2, 0.25) is 0 Å². The van der Waals surface area contributed by atoms with E-state index in [-0.39, 0.29) is 5.75 Å². The van der Waals surface area contributed by atoms with Crippen LogP contribution in [0.25, 0.3) is 0 Å². The van der Waals surface area contributed by atoms with Gasteiger partial charge in [-0.25, -0.2) is 9.18 Å². The van der Waals surface area contributed by atoms with Gasteiger partial charge in [0.05, 0.1) is 14.2 Å². The Morgan fingerprint density at radius 3 is 2.50 bits per heavy atom. The molecular formula is C11H14FNO3. The van der Waals surface area contributed by atoms with E-state index in [2.05, 4.69) is 4.74 Å². The Morgan fingerprint density at radius 1 is 1.44 bits per heavy atom. The zero-order valence-corrected chi connectivity index (χ0v) is 9.41. The first-order valence-electron chi connectivity index (χ1n) is 4.64. The molecule has 0 aliphatic rings. The first-order valence-corrected chi connectivity index (χ1v) is 4.64. The lowest BCUT2D eigenvalue weighted by molar-refractivity contribution is -0.146. The van der Waals surface area contributed by atoms with E-state index < -0.39 is 17.3 Å². The van der Waals surface area contributed by atoms with E-state index in [9.17, 15) is 9.18 Å². The first kappa shape index (κ1) is 12.4. The van der Waals surface area contributed by atoms with Crippen molar-refractivity contribution in [3.8, 4) is 5.75 Å². The number of carbonyl (C=O) groups is 1. The van der Waals surface area contributed by atoms with Crippen molar-refractivity contribution in [2.45, 2.75) is 12.5 Å². The number of methoxy groups -OCH3 is 2. The highest BCUT2D eigenvalue weighted by Crippen LogP contribution is 2.24. The number of hydrogen-bond donors (Lipinski definition) is 1. The molecule has 1 atom stereocenters. The van der Waals surface area contributed by atoms with Gasteiger partial charge >= 0.3 is 5.97 Å². The Bertz CT molecular complexity index is 404. The molecule has 0 aliphatic carbocycles. The van der Waals surface area contributed by atoms with Gasteiger partial charge in [0.25, 0.3) is 0 Å². The summed E-state index contributed by atoms with van der Waals surface area (Å²) in [4.78, 5) is 11.4. The van der Waals surface area contributed by atoms with E-state index in [1.54, 1.807) is 0 Å². The van der Waals surface area contributed by atoms with Crippen molar-refractivity contribution in [1.29, 1.82) is 0 Å². The van der Waals surface area contributed by atoms with Crippen LogP contribution in [0.4, 0.5) is 4.39 Å². The second-order valence-electron chi connectivity index (χ2n) is 3.54. The highest BCUT2D eigenvalue weighted by Gasteiger charge is 2.32. The van der Waals surface area contributed by atoms with Gasteiger partial charge in [-0.05, 0) is 24.6 Å². The summed E-state index contributed by atoms with van der Waals surface area (Å²) < 4.78 is 22.7. The van der Waals surface area contributed by atoms with Gasteiger partial charge in [0.1, 0.15) is 5.54 Å². The Labute approximate surface area is 93.2 Å². The maximum absolute atomic E-state index is 13.4. The molecule has 1 aromatic rings. The number of hydrogen-bond acceptors (Lipinski definition) is 4. The fraction of sp³-hybridized carbons (Fsp3) is 0.364. The molecule has 1 aromatic carbocycles. The summed E-state index contributed by atoms with van der Waals surface area (Å²) in [6.45, 7) is 1.46. The molecule has 0 spiro atoms. The number of carbonyl (C=O) groups excluding carboxylic acids is 1. The molecule has 0 heterocycles. The maximum atomic E-state index is 13.4. The lowest BCUT2D eigenvalue weighted by Gasteiger charge is -2.22. The highest BCUT2D eigenvalue weighted by atomic mass is 19.1. The van der Waals surface area contributed by atoms with Gasteiger partial charge in [0.15, 0.2) is 11.6 Å². The Morgan fingerprint density at radius 2 is 2.06 bits per heavy atom.